The highest BCUT2D eigenvalue weighted by Gasteiger charge is 2.23. The zero-order valence-electron chi connectivity index (χ0n) is 10.7. The van der Waals surface area contributed by atoms with Crippen LogP contribution in [0.25, 0.3) is 10.9 Å². The molecule has 2 aromatic rings. The Morgan fingerprint density at radius 1 is 1.39 bits per heavy atom. The number of fused-ring (bicyclic) bond motifs is 1. The summed E-state index contributed by atoms with van der Waals surface area (Å²) in [5.41, 5.74) is 7.88. The molecule has 2 unspecified atom stereocenters. The molecule has 2 heterocycles. The van der Waals surface area contributed by atoms with Gasteiger partial charge in [0.2, 0.25) is 0 Å². The largest absolute Gasteiger partial charge is 0.373 e. The zero-order chi connectivity index (χ0) is 12.5. The van der Waals surface area contributed by atoms with Crippen LogP contribution in [0.3, 0.4) is 0 Å². The van der Waals surface area contributed by atoms with Gasteiger partial charge in [0.25, 0.3) is 0 Å². The Bertz CT molecular complexity index is 549. The molecule has 2 N–H and O–H groups in total. The molecule has 0 bridgehead atoms. The van der Waals surface area contributed by atoms with Crippen LogP contribution in [0.15, 0.2) is 24.3 Å². The minimum Gasteiger partial charge on any atom is -0.373 e. The van der Waals surface area contributed by atoms with Crippen molar-refractivity contribution >= 4 is 10.9 Å². The highest BCUT2D eigenvalue weighted by Crippen LogP contribution is 2.23. The molecule has 0 aliphatic carbocycles. The maximum absolute atomic E-state index is 5.86. The van der Waals surface area contributed by atoms with Crippen LogP contribution in [-0.4, -0.2) is 22.0 Å². The molecule has 1 fully saturated rings. The molecule has 1 aliphatic heterocycles. The van der Waals surface area contributed by atoms with Gasteiger partial charge in [0.05, 0.1) is 30.0 Å². The number of nitrogens with two attached hydrogens (primary N) is 1. The fourth-order valence-corrected chi connectivity index (χ4v) is 2.70. The third-order valence-corrected chi connectivity index (χ3v) is 3.62. The van der Waals surface area contributed by atoms with E-state index in [-0.39, 0.29) is 6.10 Å². The second-order valence-corrected chi connectivity index (χ2v) is 5.00. The van der Waals surface area contributed by atoms with Crippen LogP contribution >= 0.6 is 0 Å². The Balaban J connectivity index is 1.92. The number of nitrogens with zero attached hydrogens (tertiary/aromatic N) is 2. The molecule has 0 radical (unpaired) electrons. The predicted octanol–water partition coefficient (Wildman–Crippen LogP) is 2.06. The molecular weight excluding hydrogens is 226 g/mol. The fraction of sp³-hybridized carbons (Fsp3) is 0.500. The van der Waals surface area contributed by atoms with Crippen LogP contribution < -0.4 is 5.73 Å². The van der Waals surface area contributed by atoms with Crippen LogP contribution in [0.4, 0.5) is 0 Å². The first-order chi connectivity index (χ1) is 8.78. The van der Waals surface area contributed by atoms with E-state index in [2.05, 4.69) is 24.2 Å². The van der Waals surface area contributed by atoms with Crippen molar-refractivity contribution in [2.24, 2.45) is 5.73 Å². The summed E-state index contributed by atoms with van der Waals surface area (Å²) >= 11 is 0. The van der Waals surface area contributed by atoms with Crippen molar-refractivity contribution in [3.63, 3.8) is 0 Å². The summed E-state index contributed by atoms with van der Waals surface area (Å²) in [6, 6.07) is 8.25. The average Bonchev–Trinajstić information content (AvgIpc) is 2.95. The quantitative estimate of drug-likeness (QED) is 0.900. The average molecular weight is 245 g/mol. The smallest absolute Gasteiger partial charge is 0.0839 e. The first-order valence-corrected chi connectivity index (χ1v) is 6.58. The van der Waals surface area contributed by atoms with Crippen LogP contribution in [-0.2, 0) is 17.8 Å². The second kappa shape index (κ2) is 4.71. The number of hydrogen-bond acceptors (Lipinski definition) is 3. The van der Waals surface area contributed by atoms with Crippen molar-refractivity contribution in [1.82, 2.24) is 9.78 Å². The topological polar surface area (TPSA) is 53.1 Å². The summed E-state index contributed by atoms with van der Waals surface area (Å²) in [5.74, 6) is 0. The van der Waals surface area contributed by atoms with Gasteiger partial charge < -0.3 is 10.5 Å². The van der Waals surface area contributed by atoms with Crippen molar-refractivity contribution in [3.05, 3.63) is 30.0 Å². The zero-order valence-corrected chi connectivity index (χ0v) is 10.7. The number of hydrogen-bond donors (Lipinski definition) is 1. The monoisotopic (exact) mass is 245 g/mol. The van der Waals surface area contributed by atoms with Gasteiger partial charge in [-0.15, -0.1) is 0 Å². The summed E-state index contributed by atoms with van der Waals surface area (Å²) < 4.78 is 7.91. The Labute approximate surface area is 107 Å². The van der Waals surface area contributed by atoms with Crippen molar-refractivity contribution in [2.75, 3.05) is 0 Å². The third-order valence-electron chi connectivity index (χ3n) is 3.62. The first-order valence-electron chi connectivity index (χ1n) is 6.58. The van der Waals surface area contributed by atoms with Crippen molar-refractivity contribution in [3.8, 4) is 0 Å². The standard InChI is InChI=1S/C14H19N3O/c1-10-6-7-11(18-10)9-17-14-5-3-2-4-12(14)13(8-15)16-17/h2-5,10-11H,6-9,15H2,1H3. The van der Waals surface area contributed by atoms with Gasteiger partial charge in [-0.25, -0.2) is 0 Å². The van der Waals surface area contributed by atoms with Gasteiger partial charge in [0, 0.05) is 11.9 Å². The lowest BCUT2D eigenvalue weighted by Crippen LogP contribution is -2.17. The Morgan fingerprint density at radius 3 is 2.94 bits per heavy atom. The lowest BCUT2D eigenvalue weighted by Gasteiger charge is -2.11. The molecule has 18 heavy (non-hydrogen) atoms. The van der Waals surface area contributed by atoms with Crippen LogP contribution in [0.1, 0.15) is 25.5 Å². The molecule has 1 aromatic heterocycles. The summed E-state index contributed by atoms with van der Waals surface area (Å²) in [6.45, 7) is 3.44. The van der Waals surface area contributed by atoms with E-state index in [9.17, 15) is 0 Å². The van der Waals surface area contributed by atoms with Crippen molar-refractivity contribution in [1.29, 1.82) is 0 Å². The van der Waals surface area contributed by atoms with Crippen LogP contribution in [0.5, 0.6) is 0 Å². The van der Waals surface area contributed by atoms with Gasteiger partial charge in [-0.3, -0.25) is 4.68 Å². The molecule has 4 nitrogen and oxygen atoms in total. The lowest BCUT2D eigenvalue weighted by molar-refractivity contribution is 0.0444. The van der Waals surface area contributed by atoms with Gasteiger partial charge in [0.15, 0.2) is 0 Å². The summed E-state index contributed by atoms with van der Waals surface area (Å²) in [4.78, 5) is 0. The summed E-state index contributed by atoms with van der Waals surface area (Å²) in [6.07, 6.45) is 2.93. The number of rotatable bonds is 3. The van der Waals surface area contributed by atoms with Gasteiger partial charge in [-0.1, -0.05) is 18.2 Å². The molecule has 1 saturated heterocycles. The number of benzene rings is 1. The van der Waals surface area contributed by atoms with E-state index in [0.717, 1.165) is 36.0 Å². The molecule has 0 saturated carbocycles. The predicted molar refractivity (Wildman–Crippen MR) is 71.2 cm³/mol. The van der Waals surface area contributed by atoms with Crippen molar-refractivity contribution in [2.45, 2.75) is 45.1 Å². The van der Waals surface area contributed by atoms with E-state index in [4.69, 9.17) is 10.5 Å². The molecule has 0 spiro atoms. The van der Waals surface area contributed by atoms with E-state index in [1.54, 1.807) is 0 Å². The van der Waals surface area contributed by atoms with Gasteiger partial charge >= 0.3 is 0 Å². The second-order valence-electron chi connectivity index (χ2n) is 5.00. The minimum absolute atomic E-state index is 0.286. The van der Waals surface area contributed by atoms with E-state index >= 15 is 0 Å². The summed E-state index contributed by atoms with van der Waals surface area (Å²) in [5, 5.41) is 5.77. The van der Waals surface area contributed by atoms with Crippen molar-refractivity contribution < 1.29 is 4.74 Å². The van der Waals surface area contributed by atoms with Gasteiger partial charge in [-0.05, 0) is 25.8 Å². The SMILES string of the molecule is CC1CCC(Cn2nc(CN)c3ccccc32)O1. The molecule has 0 amide bonds. The molecule has 2 atom stereocenters. The lowest BCUT2D eigenvalue weighted by atomic mass is 10.2. The molecule has 4 heteroatoms. The Morgan fingerprint density at radius 2 is 2.22 bits per heavy atom. The number of aromatic nitrogens is 2. The van der Waals surface area contributed by atoms with E-state index in [1.807, 2.05) is 16.8 Å². The minimum atomic E-state index is 0.286. The number of para-hydroxylation sites is 1. The van der Waals surface area contributed by atoms with E-state index in [0.29, 0.717) is 12.6 Å². The molecular formula is C14H19N3O. The first kappa shape index (κ1) is 11.7. The van der Waals surface area contributed by atoms with Gasteiger partial charge in [-0.2, -0.15) is 5.10 Å². The maximum Gasteiger partial charge on any atom is 0.0839 e. The Kier molecular flexibility index (Phi) is 3.06. The summed E-state index contributed by atoms with van der Waals surface area (Å²) in [7, 11) is 0. The van der Waals surface area contributed by atoms with E-state index < -0.39 is 0 Å². The van der Waals surface area contributed by atoms with E-state index in [1.165, 1.54) is 0 Å². The third kappa shape index (κ3) is 2.02. The van der Waals surface area contributed by atoms with Crippen LogP contribution in [0.2, 0.25) is 0 Å². The Hall–Kier alpha value is -1.39. The molecule has 96 valence electrons. The fourth-order valence-electron chi connectivity index (χ4n) is 2.70. The molecule has 3 rings (SSSR count). The normalized spacial score (nSPS) is 23.9. The highest BCUT2D eigenvalue weighted by molar-refractivity contribution is 5.81. The van der Waals surface area contributed by atoms with Gasteiger partial charge in [0.1, 0.15) is 0 Å². The molecule has 1 aliphatic rings. The maximum atomic E-state index is 5.86. The highest BCUT2D eigenvalue weighted by atomic mass is 16.5. The van der Waals surface area contributed by atoms with Crippen LogP contribution in [0, 0.1) is 0 Å². The molecule has 1 aromatic carbocycles. The number of ether oxygens (including phenoxy) is 1.